The highest BCUT2D eigenvalue weighted by molar-refractivity contribution is 5.66. The van der Waals surface area contributed by atoms with Gasteiger partial charge in [0.1, 0.15) is 0 Å². The van der Waals surface area contributed by atoms with Gasteiger partial charge in [0.15, 0.2) is 12.6 Å². The van der Waals surface area contributed by atoms with Crippen LogP contribution in [0.1, 0.15) is 144 Å². The number of aliphatic carboxylic acids is 1. The smallest absolute Gasteiger partial charge is 0.303 e. The van der Waals surface area contributed by atoms with E-state index in [1.807, 2.05) is 6.92 Å². The van der Waals surface area contributed by atoms with Gasteiger partial charge in [-0.15, -0.1) is 0 Å². The van der Waals surface area contributed by atoms with Gasteiger partial charge in [0, 0.05) is 25.2 Å². The molecule has 0 radical (unpaired) electrons. The fourth-order valence-electron chi connectivity index (χ4n) is 13.0. The van der Waals surface area contributed by atoms with Gasteiger partial charge in [-0.1, -0.05) is 41.0 Å². The zero-order valence-corrected chi connectivity index (χ0v) is 30.4. The standard InChI is InChI=1S/C40H66O7/c1-24-7-9-27-21-36(46-40(6)20-15-28(24)23-43-47-40)45-37(26(27)3)44-30-16-18-38(4)29(22-30)10-11-31-33-13-12-32(25(2)8-14-35(41)42)39(33,5)19-17-34(31)38/h24-34,36-37H,7-23H2,1-6H3,(H,41,42)/t24-,25-,26-,27-,28?,29?,30-,31?,32-,33?,34?,36?,37?,38+,39-,40+/m1/s1. The summed E-state index contributed by atoms with van der Waals surface area (Å²) in [7, 11) is 0. The number of fused-ring (bicyclic) bond motifs is 10. The lowest BCUT2D eigenvalue weighted by Crippen LogP contribution is -2.55. The normalized spacial score (nSPS) is 52.3. The average molecular weight is 659 g/mol. The van der Waals surface area contributed by atoms with Crippen molar-refractivity contribution >= 4 is 5.97 Å². The van der Waals surface area contributed by atoms with Gasteiger partial charge < -0.3 is 19.3 Å². The molecular formula is C40H66O7. The highest BCUT2D eigenvalue weighted by atomic mass is 17.2. The zero-order chi connectivity index (χ0) is 33.1. The van der Waals surface area contributed by atoms with Gasteiger partial charge in [-0.25, -0.2) is 9.78 Å². The molecule has 16 atom stereocenters. The molecular weight excluding hydrogens is 592 g/mol. The molecule has 4 aliphatic carbocycles. The summed E-state index contributed by atoms with van der Waals surface area (Å²) < 4.78 is 20.3. The first-order valence-electron chi connectivity index (χ1n) is 19.9. The molecule has 0 amide bonds. The number of hydrogen-bond acceptors (Lipinski definition) is 6. The van der Waals surface area contributed by atoms with Crippen molar-refractivity contribution in [1.82, 2.24) is 0 Å². The van der Waals surface area contributed by atoms with E-state index in [2.05, 4.69) is 34.6 Å². The molecule has 47 heavy (non-hydrogen) atoms. The molecule has 3 heterocycles. The SMILES string of the molecule is C[C@@H]1CC[C@@H]2CC(OC(O[C@@H]3CC[C@@]4(C)C(CCC5C4CC[C@@]4(C)C5CC[C@@H]4[C@H](C)CCC(=O)O)C3)[C@@H]2C)O[C@]2(C)CCC1COO2. The first-order valence-corrected chi connectivity index (χ1v) is 19.9. The van der Waals surface area contributed by atoms with Crippen LogP contribution in [0.25, 0.3) is 0 Å². The van der Waals surface area contributed by atoms with Crippen molar-refractivity contribution in [1.29, 1.82) is 0 Å². The third-order valence-corrected chi connectivity index (χ3v) is 16.1. The van der Waals surface area contributed by atoms with Crippen LogP contribution >= 0.6 is 0 Å². The fraction of sp³-hybridized carbons (Fsp3) is 0.975. The predicted octanol–water partition coefficient (Wildman–Crippen LogP) is 9.38. The van der Waals surface area contributed by atoms with E-state index in [0.29, 0.717) is 59.4 Å². The van der Waals surface area contributed by atoms with Crippen LogP contribution < -0.4 is 0 Å². The molecule has 7 heteroatoms. The van der Waals surface area contributed by atoms with Crippen molar-refractivity contribution in [2.24, 2.45) is 70.0 Å². The van der Waals surface area contributed by atoms with E-state index in [1.165, 1.54) is 57.8 Å². The summed E-state index contributed by atoms with van der Waals surface area (Å²) >= 11 is 0. The average Bonchev–Trinajstić information content (AvgIpc) is 3.26. The molecule has 0 aromatic carbocycles. The predicted molar refractivity (Wildman–Crippen MR) is 180 cm³/mol. The Morgan fingerprint density at radius 2 is 1.66 bits per heavy atom. The lowest BCUT2D eigenvalue weighted by atomic mass is 9.44. The van der Waals surface area contributed by atoms with Crippen molar-refractivity contribution in [3.63, 3.8) is 0 Å². The lowest BCUT2D eigenvalue weighted by Gasteiger charge is -2.61. The second kappa shape index (κ2) is 13.4. The first kappa shape index (κ1) is 34.7. The van der Waals surface area contributed by atoms with Gasteiger partial charge >= 0.3 is 5.97 Å². The van der Waals surface area contributed by atoms with Crippen molar-refractivity contribution in [3.8, 4) is 0 Å². The Hall–Kier alpha value is -0.730. The molecule has 268 valence electrons. The van der Waals surface area contributed by atoms with Gasteiger partial charge in [-0.2, -0.15) is 0 Å². The topological polar surface area (TPSA) is 83.5 Å². The minimum absolute atomic E-state index is 0.238. The summed E-state index contributed by atoms with van der Waals surface area (Å²) in [6.07, 6.45) is 17.6. The number of hydrogen-bond donors (Lipinski definition) is 1. The summed E-state index contributed by atoms with van der Waals surface area (Å²) in [5.74, 6) is 4.92. The van der Waals surface area contributed by atoms with Crippen molar-refractivity contribution in [2.45, 2.75) is 169 Å². The van der Waals surface area contributed by atoms with Crippen molar-refractivity contribution < 1.29 is 33.9 Å². The van der Waals surface area contributed by atoms with E-state index < -0.39 is 11.8 Å². The van der Waals surface area contributed by atoms with E-state index in [0.717, 1.165) is 62.2 Å². The summed E-state index contributed by atoms with van der Waals surface area (Å²) in [6.45, 7) is 15.0. The summed E-state index contributed by atoms with van der Waals surface area (Å²) in [6, 6.07) is 0. The van der Waals surface area contributed by atoms with Crippen molar-refractivity contribution in [3.05, 3.63) is 0 Å². The van der Waals surface area contributed by atoms with Gasteiger partial charge in [0.25, 0.3) is 0 Å². The van der Waals surface area contributed by atoms with Gasteiger partial charge in [-0.05, 0) is 148 Å². The Morgan fingerprint density at radius 3 is 2.47 bits per heavy atom. The van der Waals surface area contributed by atoms with Gasteiger partial charge in [-0.3, -0.25) is 4.79 Å². The first-order chi connectivity index (χ1) is 22.4. The quantitative estimate of drug-likeness (QED) is 0.225. The zero-order valence-electron chi connectivity index (χ0n) is 30.4. The molecule has 7 fully saturated rings. The lowest BCUT2D eigenvalue weighted by molar-refractivity contribution is -0.454. The molecule has 0 aromatic rings. The van der Waals surface area contributed by atoms with E-state index in [9.17, 15) is 9.90 Å². The number of ether oxygens (including phenoxy) is 3. The number of carboxylic acid groups (broad SMARTS) is 1. The molecule has 0 spiro atoms. The van der Waals surface area contributed by atoms with E-state index in [4.69, 9.17) is 24.0 Å². The maximum absolute atomic E-state index is 11.3. The Morgan fingerprint density at radius 1 is 0.872 bits per heavy atom. The Balaban J connectivity index is 0.997. The molecule has 4 saturated carbocycles. The molecule has 3 aliphatic heterocycles. The van der Waals surface area contributed by atoms with Crippen LogP contribution in [-0.2, 0) is 28.8 Å². The summed E-state index contributed by atoms with van der Waals surface area (Å²) in [5, 5.41) is 9.32. The second-order valence-electron chi connectivity index (χ2n) is 18.6. The highest BCUT2D eigenvalue weighted by Gasteiger charge is 2.61. The van der Waals surface area contributed by atoms with Crippen LogP contribution in [0.3, 0.4) is 0 Å². The fourth-order valence-corrected chi connectivity index (χ4v) is 13.0. The van der Waals surface area contributed by atoms with Crippen LogP contribution in [0, 0.1) is 70.0 Å². The third kappa shape index (κ3) is 6.61. The molecule has 7 unspecified atom stereocenters. The number of carbonyl (C=O) groups is 1. The van der Waals surface area contributed by atoms with Crippen LogP contribution in [0.5, 0.6) is 0 Å². The molecule has 7 nitrogen and oxygen atoms in total. The summed E-state index contributed by atoms with van der Waals surface area (Å²) in [5.41, 5.74) is 0.787. The van der Waals surface area contributed by atoms with Crippen LogP contribution in [0.15, 0.2) is 0 Å². The maximum atomic E-state index is 11.3. The van der Waals surface area contributed by atoms with Crippen molar-refractivity contribution in [2.75, 3.05) is 6.61 Å². The Bertz CT molecular complexity index is 1110. The largest absolute Gasteiger partial charge is 0.481 e. The monoisotopic (exact) mass is 658 g/mol. The third-order valence-electron chi connectivity index (χ3n) is 16.1. The molecule has 7 aliphatic rings. The molecule has 1 N–H and O–H groups in total. The van der Waals surface area contributed by atoms with Crippen LogP contribution in [0.4, 0.5) is 0 Å². The maximum Gasteiger partial charge on any atom is 0.303 e. The minimum atomic E-state index is -0.781. The molecule has 0 aromatic heterocycles. The van der Waals surface area contributed by atoms with Crippen LogP contribution in [-0.4, -0.2) is 42.2 Å². The van der Waals surface area contributed by atoms with E-state index >= 15 is 0 Å². The van der Waals surface area contributed by atoms with Gasteiger partial charge in [0.05, 0.1) is 12.7 Å². The van der Waals surface area contributed by atoms with E-state index in [-0.39, 0.29) is 18.7 Å². The second-order valence-corrected chi connectivity index (χ2v) is 18.6. The number of carboxylic acids is 1. The molecule has 7 rings (SSSR count). The van der Waals surface area contributed by atoms with Gasteiger partial charge in [0.2, 0.25) is 5.79 Å². The van der Waals surface area contributed by atoms with Crippen LogP contribution in [0.2, 0.25) is 0 Å². The Labute approximate surface area is 284 Å². The molecule has 3 saturated heterocycles. The van der Waals surface area contributed by atoms with E-state index in [1.54, 1.807) is 0 Å². The molecule has 4 bridgehead atoms. The minimum Gasteiger partial charge on any atom is -0.481 e. The summed E-state index contributed by atoms with van der Waals surface area (Å²) in [4.78, 5) is 22.9. The highest BCUT2D eigenvalue weighted by Crippen LogP contribution is 2.68. The number of rotatable bonds is 6. The Kier molecular flexibility index (Phi) is 9.92.